The molecule has 4 heteroatoms. The summed E-state index contributed by atoms with van der Waals surface area (Å²) in [6, 6.07) is 1.94. The summed E-state index contributed by atoms with van der Waals surface area (Å²) in [6.07, 6.45) is 5.75. The fourth-order valence-electron chi connectivity index (χ4n) is 1.30. The Balaban J connectivity index is 4.24. The number of hydrogen-bond donors (Lipinski definition) is 1. The number of rotatable bonds is 8. The molecular formula is C13H23N3O. The minimum absolute atomic E-state index is 0.180. The summed E-state index contributed by atoms with van der Waals surface area (Å²) in [5, 5.41) is 11.7. The molecule has 0 atom stereocenters. The van der Waals surface area contributed by atoms with Crippen LogP contribution in [-0.2, 0) is 4.79 Å². The molecule has 0 spiro atoms. The van der Waals surface area contributed by atoms with E-state index in [9.17, 15) is 4.79 Å². The number of hydrogen-bond acceptors (Lipinski definition) is 3. The van der Waals surface area contributed by atoms with Gasteiger partial charge in [-0.3, -0.25) is 4.79 Å². The van der Waals surface area contributed by atoms with Gasteiger partial charge in [0, 0.05) is 26.3 Å². The average Bonchev–Trinajstić information content (AvgIpc) is 2.33. The van der Waals surface area contributed by atoms with Crippen molar-refractivity contribution >= 4 is 5.91 Å². The van der Waals surface area contributed by atoms with Crippen LogP contribution in [0.3, 0.4) is 0 Å². The van der Waals surface area contributed by atoms with Gasteiger partial charge in [-0.05, 0) is 12.8 Å². The zero-order valence-electron chi connectivity index (χ0n) is 11.1. The molecule has 4 nitrogen and oxygen atoms in total. The Morgan fingerprint density at radius 1 is 1.35 bits per heavy atom. The summed E-state index contributed by atoms with van der Waals surface area (Å²) in [7, 11) is 1.88. The number of carbonyl (C=O) groups is 1. The fourth-order valence-corrected chi connectivity index (χ4v) is 1.30. The molecule has 0 aliphatic carbocycles. The Kier molecular flexibility index (Phi) is 8.85. The summed E-state index contributed by atoms with van der Waals surface area (Å²) >= 11 is 0. The zero-order valence-corrected chi connectivity index (χ0v) is 11.1. The first-order chi connectivity index (χ1) is 8.15. The number of nitriles is 1. The Morgan fingerprint density at radius 2 is 2.00 bits per heavy atom. The molecule has 0 unspecified atom stereocenters. The molecule has 0 aromatic heterocycles. The molecule has 0 aliphatic heterocycles. The van der Waals surface area contributed by atoms with Crippen molar-refractivity contribution in [2.24, 2.45) is 0 Å². The van der Waals surface area contributed by atoms with Crippen LogP contribution in [0.1, 0.15) is 39.5 Å². The van der Waals surface area contributed by atoms with Crippen molar-refractivity contribution in [3.8, 4) is 6.07 Å². The molecule has 1 amide bonds. The smallest absolute Gasteiger partial charge is 0.263 e. The van der Waals surface area contributed by atoms with E-state index >= 15 is 0 Å². The van der Waals surface area contributed by atoms with Crippen LogP contribution in [-0.4, -0.2) is 30.9 Å². The molecular weight excluding hydrogens is 214 g/mol. The Bertz CT molecular complexity index is 292. The first kappa shape index (κ1) is 15.5. The molecule has 0 fully saturated rings. The maximum atomic E-state index is 11.6. The Labute approximate surface area is 104 Å². The summed E-state index contributed by atoms with van der Waals surface area (Å²) < 4.78 is 0. The van der Waals surface area contributed by atoms with E-state index in [-0.39, 0.29) is 11.5 Å². The summed E-state index contributed by atoms with van der Waals surface area (Å²) in [5.74, 6) is -0.274. The Hall–Kier alpha value is -1.50. The van der Waals surface area contributed by atoms with E-state index in [1.165, 1.54) is 0 Å². The molecule has 0 aliphatic rings. The van der Waals surface area contributed by atoms with Gasteiger partial charge in [-0.15, -0.1) is 0 Å². The second-order valence-corrected chi connectivity index (χ2v) is 4.10. The third kappa shape index (κ3) is 7.40. The van der Waals surface area contributed by atoms with Gasteiger partial charge in [0.05, 0.1) is 0 Å². The van der Waals surface area contributed by atoms with Gasteiger partial charge in [-0.25, -0.2) is 0 Å². The van der Waals surface area contributed by atoms with Gasteiger partial charge in [-0.2, -0.15) is 5.26 Å². The predicted molar refractivity (Wildman–Crippen MR) is 69.2 cm³/mol. The maximum Gasteiger partial charge on any atom is 0.263 e. The highest BCUT2D eigenvalue weighted by molar-refractivity contribution is 5.97. The topological polar surface area (TPSA) is 56.1 Å². The molecule has 0 bridgehead atoms. The van der Waals surface area contributed by atoms with Gasteiger partial charge in [0.1, 0.15) is 11.6 Å². The predicted octanol–water partition coefficient (Wildman–Crippen LogP) is 2.04. The molecule has 0 saturated heterocycles. The van der Waals surface area contributed by atoms with Crippen LogP contribution in [0, 0.1) is 11.3 Å². The normalized spacial score (nSPS) is 10.8. The number of unbranched alkanes of at least 4 members (excludes halogenated alkanes) is 2. The zero-order chi connectivity index (χ0) is 13.1. The molecule has 0 heterocycles. The van der Waals surface area contributed by atoms with Crippen molar-refractivity contribution in [3.05, 3.63) is 11.8 Å². The van der Waals surface area contributed by atoms with E-state index in [1.54, 1.807) is 6.20 Å². The minimum Gasteiger partial charge on any atom is -0.379 e. The first-order valence-electron chi connectivity index (χ1n) is 6.26. The van der Waals surface area contributed by atoms with Crippen LogP contribution in [0.2, 0.25) is 0 Å². The lowest BCUT2D eigenvalue weighted by Crippen LogP contribution is -2.27. The SMILES string of the molecule is CCCCNC(=O)/C(C#N)=C\N(C)CCCC. The molecule has 0 aromatic carbocycles. The van der Waals surface area contributed by atoms with Gasteiger partial charge in [-0.1, -0.05) is 26.7 Å². The lowest BCUT2D eigenvalue weighted by Gasteiger charge is -2.13. The third-order valence-electron chi connectivity index (χ3n) is 2.39. The standard InChI is InChI=1S/C13H23N3O/c1-4-6-8-15-13(17)12(10-14)11-16(3)9-7-5-2/h11H,4-9H2,1-3H3,(H,15,17)/b12-11-. The van der Waals surface area contributed by atoms with Crippen LogP contribution in [0.4, 0.5) is 0 Å². The molecule has 1 N–H and O–H groups in total. The minimum atomic E-state index is -0.274. The number of nitrogens with one attached hydrogen (secondary N) is 1. The van der Waals surface area contributed by atoms with Gasteiger partial charge in [0.25, 0.3) is 5.91 Å². The van der Waals surface area contributed by atoms with Crippen LogP contribution >= 0.6 is 0 Å². The monoisotopic (exact) mass is 237 g/mol. The van der Waals surface area contributed by atoms with Crippen molar-refractivity contribution in [3.63, 3.8) is 0 Å². The fraction of sp³-hybridized carbons (Fsp3) is 0.692. The molecule has 96 valence electrons. The summed E-state index contributed by atoms with van der Waals surface area (Å²) in [5.41, 5.74) is 0.180. The van der Waals surface area contributed by atoms with Crippen LogP contribution in [0.15, 0.2) is 11.8 Å². The lowest BCUT2D eigenvalue weighted by atomic mass is 10.2. The summed E-state index contributed by atoms with van der Waals surface area (Å²) in [6.45, 7) is 5.67. The van der Waals surface area contributed by atoms with Crippen LogP contribution in [0.25, 0.3) is 0 Å². The quantitative estimate of drug-likeness (QED) is 0.399. The van der Waals surface area contributed by atoms with Crippen molar-refractivity contribution in [2.45, 2.75) is 39.5 Å². The third-order valence-corrected chi connectivity index (χ3v) is 2.39. The highest BCUT2D eigenvalue weighted by Gasteiger charge is 2.08. The highest BCUT2D eigenvalue weighted by atomic mass is 16.1. The first-order valence-corrected chi connectivity index (χ1v) is 6.26. The largest absolute Gasteiger partial charge is 0.379 e. The van der Waals surface area contributed by atoms with Gasteiger partial charge >= 0.3 is 0 Å². The van der Waals surface area contributed by atoms with E-state index in [0.29, 0.717) is 6.54 Å². The van der Waals surface area contributed by atoms with Gasteiger partial charge in [0.15, 0.2) is 0 Å². The highest BCUT2D eigenvalue weighted by Crippen LogP contribution is 1.99. The van der Waals surface area contributed by atoms with Crippen LogP contribution in [0.5, 0.6) is 0 Å². The number of nitrogens with zero attached hydrogens (tertiary/aromatic N) is 2. The second kappa shape index (κ2) is 9.71. The van der Waals surface area contributed by atoms with E-state index in [4.69, 9.17) is 5.26 Å². The number of carbonyl (C=O) groups excluding carboxylic acids is 1. The molecule has 0 radical (unpaired) electrons. The van der Waals surface area contributed by atoms with E-state index in [1.807, 2.05) is 18.0 Å². The van der Waals surface area contributed by atoms with E-state index in [2.05, 4.69) is 19.2 Å². The number of amides is 1. The second-order valence-electron chi connectivity index (χ2n) is 4.10. The maximum absolute atomic E-state index is 11.6. The van der Waals surface area contributed by atoms with E-state index in [0.717, 1.165) is 32.2 Å². The van der Waals surface area contributed by atoms with Gasteiger partial charge < -0.3 is 10.2 Å². The average molecular weight is 237 g/mol. The van der Waals surface area contributed by atoms with Crippen molar-refractivity contribution in [1.82, 2.24) is 10.2 Å². The molecule has 0 saturated carbocycles. The van der Waals surface area contributed by atoms with Gasteiger partial charge in [0.2, 0.25) is 0 Å². The van der Waals surface area contributed by atoms with Crippen LogP contribution < -0.4 is 5.32 Å². The Morgan fingerprint density at radius 3 is 2.53 bits per heavy atom. The van der Waals surface area contributed by atoms with Crippen molar-refractivity contribution in [1.29, 1.82) is 5.26 Å². The lowest BCUT2D eigenvalue weighted by molar-refractivity contribution is -0.117. The molecule has 0 rings (SSSR count). The van der Waals surface area contributed by atoms with Crippen molar-refractivity contribution in [2.75, 3.05) is 20.1 Å². The molecule has 0 aromatic rings. The molecule has 17 heavy (non-hydrogen) atoms. The van der Waals surface area contributed by atoms with E-state index < -0.39 is 0 Å². The summed E-state index contributed by atoms with van der Waals surface area (Å²) in [4.78, 5) is 13.5. The van der Waals surface area contributed by atoms with Crippen molar-refractivity contribution < 1.29 is 4.79 Å².